The molecule has 0 fully saturated rings. The second kappa shape index (κ2) is 4.33. The molecule has 2 heterocycles. The minimum atomic E-state index is -0.774. The standard InChI is InChI=1S/C12H11N3O3/c1-8-2-3-10(11(13)16)12(17)15(8)9-4-6-14(18)7-5-9/h2-7H,1H3,(H2,13,16). The summed E-state index contributed by atoms with van der Waals surface area (Å²) in [4.78, 5) is 23.2. The van der Waals surface area contributed by atoms with Gasteiger partial charge in [-0.3, -0.25) is 14.2 Å². The molecule has 0 saturated carbocycles. The van der Waals surface area contributed by atoms with Crippen molar-refractivity contribution >= 4 is 5.91 Å². The number of amides is 1. The number of aromatic nitrogens is 2. The van der Waals surface area contributed by atoms with Crippen LogP contribution in [0, 0.1) is 12.1 Å². The Morgan fingerprint density at radius 1 is 1.28 bits per heavy atom. The number of aryl methyl sites for hydroxylation is 1. The first-order valence-electron chi connectivity index (χ1n) is 5.22. The quantitative estimate of drug-likeness (QED) is 0.590. The zero-order valence-electron chi connectivity index (χ0n) is 9.66. The van der Waals surface area contributed by atoms with Crippen LogP contribution in [-0.4, -0.2) is 10.5 Å². The lowest BCUT2D eigenvalue weighted by Crippen LogP contribution is -2.30. The molecule has 2 aromatic heterocycles. The molecule has 92 valence electrons. The Balaban J connectivity index is 2.71. The van der Waals surface area contributed by atoms with E-state index in [2.05, 4.69) is 0 Å². The molecule has 0 saturated heterocycles. The predicted molar refractivity (Wildman–Crippen MR) is 64.3 cm³/mol. The maximum absolute atomic E-state index is 12.1. The second-order valence-corrected chi connectivity index (χ2v) is 3.81. The number of nitrogens with two attached hydrogens (primary N) is 1. The molecule has 6 heteroatoms. The van der Waals surface area contributed by atoms with Gasteiger partial charge in [0, 0.05) is 17.8 Å². The van der Waals surface area contributed by atoms with Gasteiger partial charge >= 0.3 is 0 Å². The van der Waals surface area contributed by atoms with E-state index in [1.807, 2.05) is 0 Å². The highest BCUT2D eigenvalue weighted by Gasteiger charge is 2.12. The average molecular weight is 245 g/mol. The molecule has 0 radical (unpaired) electrons. The van der Waals surface area contributed by atoms with Crippen LogP contribution < -0.4 is 16.0 Å². The summed E-state index contributed by atoms with van der Waals surface area (Å²) >= 11 is 0. The van der Waals surface area contributed by atoms with Crippen LogP contribution in [0.1, 0.15) is 16.1 Å². The molecule has 2 rings (SSSR count). The van der Waals surface area contributed by atoms with Crippen molar-refractivity contribution in [1.82, 2.24) is 4.57 Å². The highest BCUT2D eigenvalue weighted by atomic mass is 16.5. The Labute approximate surface area is 102 Å². The highest BCUT2D eigenvalue weighted by molar-refractivity contribution is 5.92. The Morgan fingerprint density at radius 3 is 2.44 bits per heavy atom. The lowest BCUT2D eigenvalue weighted by Gasteiger charge is -2.10. The minimum Gasteiger partial charge on any atom is -0.619 e. The van der Waals surface area contributed by atoms with Gasteiger partial charge in [-0.1, -0.05) is 0 Å². The van der Waals surface area contributed by atoms with E-state index in [0.29, 0.717) is 16.1 Å². The molecule has 0 unspecified atom stereocenters. The Kier molecular flexibility index (Phi) is 2.85. The van der Waals surface area contributed by atoms with Gasteiger partial charge in [0.25, 0.3) is 11.5 Å². The van der Waals surface area contributed by atoms with Crippen LogP contribution in [0.2, 0.25) is 0 Å². The lowest BCUT2D eigenvalue weighted by atomic mass is 10.2. The largest absolute Gasteiger partial charge is 0.619 e. The smallest absolute Gasteiger partial charge is 0.268 e. The van der Waals surface area contributed by atoms with E-state index in [1.165, 1.54) is 35.2 Å². The normalized spacial score (nSPS) is 10.3. The van der Waals surface area contributed by atoms with Crippen LogP contribution in [-0.2, 0) is 0 Å². The van der Waals surface area contributed by atoms with Crippen molar-refractivity contribution < 1.29 is 9.52 Å². The minimum absolute atomic E-state index is 0.0838. The second-order valence-electron chi connectivity index (χ2n) is 3.81. The SMILES string of the molecule is Cc1ccc(C(N)=O)c(=O)n1-c1cc[n+]([O-])cc1. The number of rotatable bonds is 2. The summed E-state index contributed by atoms with van der Waals surface area (Å²) in [5.74, 6) is -0.774. The van der Waals surface area contributed by atoms with Gasteiger partial charge in [0.2, 0.25) is 0 Å². The third kappa shape index (κ3) is 1.95. The van der Waals surface area contributed by atoms with E-state index in [1.54, 1.807) is 13.0 Å². The van der Waals surface area contributed by atoms with Gasteiger partial charge in [0.15, 0.2) is 12.4 Å². The molecule has 0 atom stereocenters. The summed E-state index contributed by atoms with van der Waals surface area (Å²) in [6.45, 7) is 1.73. The van der Waals surface area contributed by atoms with E-state index in [9.17, 15) is 14.8 Å². The molecule has 0 aliphatic heterocycles. The first kappa shape index (κ1) is 11.8. The molecule has 0 bridgehead atoms. The monoisotopic (exact) mass is 245 g/mol. The van der Waals surface area contributed by atoms with Crippen molar-refractivity contribution in [1.29, 1.82) is 0 Å². The molecule has 0 aliphatic carbocycles. The highest BCUT2D eigenvalue weighted by Crippen LogP contribution is 2.07. The number of carbonyl (C=O) groups is 1. The Morgan fingerprint density at radius 2 is 1.89 bits per heavy atom. The van der Waals surface area contributed by atoms with E-state index in [-0.39, 0.29) is 5.56 Å². The number of pyridine rings is 2. The van der Waals surface area contributed by atoms with Crippen molar-refractivity contribution in [3.8, 4) is 5.69 Å². The van der Waals surface area contributed by atoms with Gasteiger partial charge in [-0.25, -0.2) is 0 Å². The van der Waals surface area contributed by atoms with Gasteiger partial charge in [0.1, 0.15) is 5.56 Å². The number of hydrogen-bond acceptors (Lipinski definition) is 3. The van der Waals surface area contributed by atoms with Crippen LogP contribution in [0.4, 0.5) is 0 Å². The van der Waals surface area contributed by atoms with Gasteiger partial charge < -0.3 is 10.9 Å². The first-order valence-corrected chi connectivity index (χ1v) is 5.22. The zero-order valence-corrected chi connectivity index (χ0v) is 9.66. The molecule has 18 heavy (non-hydrogen) atoms. The van der Waals surface area contributed by atoms with E-state index >= 15 is 0 Å². The number of primary amides is 1. The number of carbonyl (C=O) groups excluding carboxylic acids is 1. The molecule has 0 spiro atoms. The van der Waals surface area contributed by atoms with Crippen molar-refractivity contribution in [2.24, 2.45) is 5.73 Å². The van der Waals surface area contributed by atoms with Crippen LogP contribution >= 0.6 is 0 Å². The fourth-order valence-electron chi connectivity index (χ4n) is 1.69. The maximum Gasteiger partial charge on any atom is 0.268 e. The van der Waals surface area contributed by atoms with Crippen LogP contribution in [0.3, 0.4) is 0 Å². The maximum atomic E-state index is 12.1. The average Bonchev–Trinajstić information content (AvgIpc) is 2.31. The molecule has 0 aliphatic rings. The molecule has 0 aromatic carbocycles. The first-order chi connectivity index (χ1) is 8.50. The number of hydrogen-bond donors (Lipinski definition) is 1. The lowest BCUT2D eigenvalue weighted by molar-refractivity contribution is -0.605. The van der Waals surface area contributed by atoms with Gasteiger partial charge in [-0.05, 0) is 19.1 Å². The molecular weight excluding hydrogens is 234 g/mol. The van der Waals surface area contributed by atoms with Crippen molar-refractivity contribution in [3.63, 3.8) is 0 Å². The topological polar surface area (TPSA) is 92.0 Å². The van der Waals surface area contributed by atoms with Gasteiger partial charge in [0.05, 0.1) is 5.69 Å². The van der Waals surface area contributed by atoms with E-state index in [0.717, 1.165) is 0 Å². The van der Waals surface area contributed by atoms with Gasteiger partial charge in [-0.2, -0.15) is 4.73 Å². The summed E-state index contributed by atoms with van der Waals surface area (Å²) in [6, 6.07) is 6.01. The summed E-state index contributed by atoms with van der Waals surface area (Å²) in [7, 11) is 0. The molecular formula is C12H11N3O3. The molecule has 6 nitrogen and oxygen atoms in total. The fraction of sp³-hybridized carbons (Fsp3) is 0.0833. The number of nitrogens with zero attached hydrogens (tertiary/aromatic N) is 2. The van der Waals surface area contributed by atoms with Crippen LogP contribution in [0.25, 0.3) is 5.69 Å². The van der Waals surface area contributed by atoms with E-state index < -0.39 is 11.5 Å². The summed E-state index contributed by atoms with van der Waals surface area (Å²) < 4.78 is 1.95. The van der Waals surface area contributed by atoms with Crippen LogP contribution in [0.15, 0.2) is 41.5 Å². The fourth-order valence-corrected chi connectivity index (χ4v) is 1.69. The Hall–Kier alpha value is -2.63. The van der Waals surface area contributed by atoms with Crippen molar-refractivity contribution in [2.75, 3.05) is 0 Å². The predicted octanol–water partition coefficient (Wildman–Crippen LogP) is -0.122. The van der Waals surface area contributed by atoms with E-state index in [4.69, 9.17) is 5.73 Å². The third-order valence-corrected chi connectivity index (χ3v) is 2.59. The Bertz CT molecular complexity index is 659. The summed E-state index contributed by atoms with van der Waals surface area (Å²) in [5, 5.41) is 11.0. The third-order valence-electron chi connectivity index (χ3n) is 2.59. The molecule has 2 aromatic rings. The molecule has 1 amide bonds. The van der Waals surface area contributed by atoms with Crippen molar-refractivity contribution in [2.45, 2.75) is 6.92 Å². The summed E-state index contributed by atoms with van der Waals surface area (Å²) in [6.07, 6.45) is 2.55. The van der Waals surface area contributed by atoms with Crippen molar-refractivity contribution in [3.05, 3.63) is 63.5 Å². The molecule has 2 N–H and O–H groups in total. The zero-order chi connectivity index (χ0) is 13.3. The van der Waals surface area contributed by atoms with Gasteiger partial charge in [-0.15, -0.1) is 0 Å². The summed E-state index contributed by atoms with van der Waals surface area (Å²) in [5.41, 5.74) is 5.71. The van der Waals surface area contributed by atoms with Crippen LogP contribution in [0.5, 0.6) is 0 Å².